The molecule has 0 spiro atoms. The first-order valence-corrected chi connectivity index (χ1v) is 20.5. The standard InChI is InChI=1S/C38H42N4O6S3/c1-5-9-21-25(13-15-47-19-17-45-7-3)49-35-29(21)41-33(39-35)31-27-23(37(41)43)11-12-24-28(27)32(51-31)34-40-36-30(42(34)38(24)44)22(10-6-2)26(50-36)14-16-48-20-18-46-8-4/h11-12H,5-10,13-20H2,1-4H3. The van der Waals surface area contributed by atoms with Crippen molar-refractivity contribution in [2.45, 2.75) is 66.2 Å². The minimum Gasteiger partial charge on any atom is -0.379 e. The fourth-order valence-corrected chi connectivity index (χ4v) is 11.1. The van der Waals surface area contributed by atoms with Crippen LogP contribution in [0.5, 0.6) is 0 Å². The lowest BCUT2D eigenvalue weighted by molar-refractivity contribution is 0.0542. The van der Waals surface area contributed by atoms with Crippen LogP contribution in [-0.2, 0) is 44.6 Å². The maximum atomic E-state index is 14.4. The number of ether oxygens (including phenoxy) is 4. The van der Waals surface area contributed by atoms with Gasteiger partial charge in [-0.1, -0.05) is 26.7 Å². The Balaban J connectivity index is 1.27. The van der Waals surface area contributed by atoms with Crippen molar-refractivity contribution in [3.05, 3.63) is 53.7 Å². The average molecular weight is 747 g/mol. The van der Waals surface area contributed by atoms with E-state index in [4.69, 9.17) is 28.9 Å². The van der Waals surface area contributed by atoms with Crippen molar-refractivity contribution in [2.75, 3.05) is 52.9 Å². The molecule has 0 aliphatic heterocycles. The van der Waals surface area contributed by atoms with E-state index in [0.29, 0.717) is 74.9 Å². The molecule has 0 aliphatic rings. The molecule has 268 valence electrons. The zero-order valence-corrected chi connectivity index (χ0v) is 32.0. The third kappa shape index (κ3) is 5.72. The van der Waals surface area contributed by atoms with E-state index in [1.807, 2.05) is 34.8 Å². The van der Waals surface area contributed by atoms with Crippen LogP contribution in [-0.4, -0.2) is 71.6 Å². The van der Waals surface area contributed by atoms with Gasteiger partial charge in [0.1, 0.15) is 9.66 Å². The number of rotatable bonds is 18. The van der Waals surface area contributed by atoms with Crippen molar-refractivity contribution in [2.24, 2.45) is 0 Å². The van der Waals surface area contributed by atoms with Gasteiger partial charge in [-0.05, 0) is 49.9 Å². The number of hydrogen-bond acceptors (Lipinski definition) is 11. The summed E-state index contributed by atoms with van der Waals surface area (Å²) in [5, 5.41) is 2.88. The summed E-state index contributed by atoms with van der Waals surface area (Å²) in [7, 11) is 0. The normalized spacial score (nSPS) is 12.7. The maximum Gasteiger partial charge on any atom is 0.264 e. The third-order valence-corrected chi connectivity index (χ3v) is 13.1. The van der Waals surface area contributed by atoms with Gasteiger partial charge in [-0.15, -0.1) is 34.0 Å². The molecule has 1 aromatic carbocycles. The minimum absolute atomic E-state index is 0.0914. The smallest absolute Gasteiger partial charge is 0.264 e. The number of imidazole rings is 2. The predicted molar refractivity (Wildman–Crippen MR) is 210 cm³/mol. The summed E-state index contributed by atoms with van der Waals surface area (Å²) in [5.41, 5.74) is 5.33. The maximum absolute atomic E-state index is 14.4. The van der Waals surface area contributed by atoms with Gasteiger partial charge in [-0.3, -0.25) is 18.4 Å². The first kappa shape index (κ1) is 34.8. The highest BCUT2D eigenvalue weighted by atomic mass is 32.1. The zero-order chi connectivity index (χ0) is 35.2. The van der Waals surface area contributed by atoms with Crippen molar-refractivity contribution in [3.63, 3.8) is 0 Å². The number of benzene rings is 1. The molecule has 0 saturated carbocycles. The topological polar surface area (TPSA) is 106 Å². The number of pyridine rings is 2. The van der Waals surface area contributed by atoms with Crippen LogP contribution in [0.15, 0.2) is 21.7 Å². The van der Waals surface area contributed by atoms with Gasteiger partial charge in [0.15, 0.2) is 11.3 Å². The molecular weight excluding hydrogens is 705 g/mol. The molecule has 0 fully saturated rings. The van der Waals surface area contributed by atoms with Gasteiger partial charge >= 0.3 is 0 Å². The van der Waals surface area contributed by atoms with Gasteiger partial charge in [0.05, 0.1) is 60.1 Å². The van der Waals surface area contributed by atoms with Crippen LogP contribution in [0, 0.1) is 0 Å². The highest BCUT2D eigenvalue weighted by Crippen LogP contribution is 2.45. The summed E-state index contributed by atoms with van der Waals surface area (Å²) >= 11 is 4.92. The second-order valence-corrected chi connectivity index (χ2v) is 15.9. The van der Waals surface area contributed by atoms with Gasteiger partial charge in [0.2, 0.25) is 0 Å². The van der Waals surface area contributed by atoms with Gasteiger partial charge in [-0.2, -0.15) is 0 Å². The van der Waals surface area contributed by atoms with E-state index in [0.717, 1.165) is 79.4 Å². The second kappa shape index (κ2) is 14.6. The van der Waals surface area contributed by atoms with Crippen LogP contribution in [0.2, 0.25) is 0 Å². The molecule has 0 aliphatic carbocycles. The Morgan fingerprint density at radius 1 is 0.569 bits per heavy atom. The van der Waals surface area contributed by atoms with Crippen LogP contribution < -0.4 is 11.1 Å². The number of aromatic nitrogens is 4. The van der Waals surface area contributed by atoms with Crippen LogP contribution in [0.4, 0.5) is 0 Å². The van der Waals surface area contributed by atoms with Crippen LogP contribution >= 0.6 is 34.0 Å². The number of hydrogen-bond donors (Lipinski definition) is 0. The van der Waals surface area contributed by atoms with Crippen molar-refractivity contribution < 1.29 is 18.9 Å². The van der Waals surface area contributed by atoms with E-state index < -0.39 is 0 Å². The van der Waals surface area contributed by atoms with Crippen LogP contribution in [0.25, 0.3) is 62.9 Å². The molecular formula is C38H42N4O6S3. The van der Waals surface area contributed by atoms with Crippen molar-refractivity contribution >= 4 is 96.9 Å². The molecule has 13 heteroatoms. The highest BCUT2D eigenvalue weighted by molar-refractivity contribution is 7.27. The van der Waals surface area contributed by atoms with Gasteiger partial charge in [0.25, 0.3) is 11.1 Å². The van der Waals surface area contributed by atoms with Crippen molar-refractivity contribution in [1.82, 2.24) is 18.8 Å². The number of fused-ring (bicyclic) bond motifs is 8. The van der Waals surface area contributed by atoms with E-state index in [9.17, 15) is 9.59 Å². The van der Waals surface area contributed by atoms with Crippen LogP contribution in [0.1, 0.15) is 61.4 Å². The number of nitrogens with zero attached hydrogens (tertiary/aromatic N) is 4. The Morgan fingerprint density at radius 3 is 1.41 bits per heavy atom. The number of aryl methyl sites for hydroxylation is 2. The van der Waals surface area contributed by atoms with Crippen molar-refractivity contribution in [3.8, 4) is 0 Å². The van der Waals surface area contributed by atoms with E-state index in [2.05, 4.69) is 13.8 Å². The molecule has 0 bridgehead atoms. The van der Waals surface area contributed by atoms with E-state index in [1.165, 1.54) is 20.9 Å². The van der Waals surface area contributed by atoms with Gasteiger partial charge in [0, 0.05) is 57.4 Å². The summed E-state index contributed by atoms with van der Waals surface area (Å²) in [6.45, 7) is 13.1. The largest absolute Gasteiger partial charge is 0.379 e. The SMILES string of the molecule is CCCc1c(CCOCCOCC)sc2nc3c4sc5c6c(ccc(c(=O)n3c12)c46)c(=O)n1c5nc2sc(CCOCCOCC)c(CCC)c21. The molecule has 0 saturated heterocycles. The van der Waals surface area contributed by atoms with Gasteiger partial charge in [-0.25, -0.2) is 9.97 Å². The fraction of sp³-hybridized carbons (Fsp3) is 0.474. The average Bonchev–Trinajstić information content (AvgIpc) is 3.93. The molecule has 0 N–H and O–H groups in total. The molecule has 7 aromatic heterocycles. The lowest BCUT2D eigenvalue weighted by Crippen LogP contribution is -2.15. The summed E-state index contributed by atoms with van der Waals surface area (Å²) < 4.78 is 28.0. The lowest BCUT2D eigenvalue weighted by Gasteiger charge is -2.08. The number of thiophene rings is 3. The quantitative estimate of drug-likeness (QED) is 0.0653. The molecule has 7 heterocycles. The molecule has 8 rings (SSSR count). The van der Waals surface area contributed by atoms with E-state index in [-0.39, 0.29) is 11.1 Å². The second-order valence-electron chi connectivity index (χ2n) is 12.8. The Morgan fingerprint density at radius 2 is 1.00 bits per heavy atom. The molecule has 51 heavy (non-hydrogen) atoms. The minimum atomic E-state index is -0.0914. The first-order chi connectivity index (χ1) is 25.0. The molecule has 0 atom stereocenters. The van der Waals surface area contributed by atoms with Crippen LogP contribution in [0.3, 0.4) is 0 Å². The monoisotopic (exact) mass is 746 g/mol. The summed E-state index contributed by atoms with van der Waals surface area (Å²) in [5.74, 6) is 0. The Kier molecular flexibility index (Phi) is 9.96. The van der Waals surface area contributed by atoms with Crippen molar-refractivity contribution in [1.29, 1.82) is 0 Å². The first-order valence-electron chi connectivity index (χ1n) is 18.1. The Bertz CT molecular complexity index is 2440. The third-order valence-electron chi connectivity index (χ3n) is 9.61. The molecule has 8 aromatic rings. The lowest BCUT2D eigenvalue weighted by atomic mass is 10.0. The molecule has 0 radical (unpaired) electrons. The summed E-state index contributed by atoms with van der Waals surface area (Å²) in [6.07, 6.45) is 5.16. The fourth-order valence-electron chi connectivity index (χ4n) is 7.46. The summed E-state index contributed by atoms with van der Waals surface area (Å²) in [6, 6.07) is 3.69. The molecule has 0 amide bonds. The Hall–Kier alpha value is -3.30. The predicted octanol–water partition coefficient (Wildman–Crippen LogP) is 7.62. The molecule has 0 unspecified atom stereocenters. The summed E-state index contributed by atoms with van der Waals surface area (Å²) in [4.78, 5) is 43.3. The highest BCUT2D eigenvalue weighted by Gasteiger charge is 2.28. The zero-order valence-electron chi connectivity index (χ0n) is 29.5. The molecule has 10 nitrogen and oxygen atoms in total. The van der Waals surface area contributed by atoms with E-state index in [1.54, 1.807) is 34.0 Å². The van der Waals surface area contributed by atoms with E-state index >= 15 is 0 Å². The Labute approximate surface area is 306 Å². The van der Waals surface area contributed by atoms with Gasteiger partial charge < -0.3 is 18.9 Å².